The van der Waals surface area contributed by atoms with Crippen molar-refractivity contribution in [1.29, 1.82) is 0 Å². The Hall–Kier alpha value is -2.71. The molecule has 9 nitrogen and oxygen atoms in total. The fourth-order valence-electron chi connectivity index (χ4n) is 1.38. The molecule has 108 valence electrons. The number of carbonyl (C=O) groups excluding carboxylic acids is 1. The van der Waals surface area contributed by atoms with Crippen molar-refractivity contribution in [2.45, 2.75) is 19.9 Å². The largest absolute Gasteiger partial charge is 0.480 e. The normalized spacial score (nSPS) is 11.5. The Morgan fingerprint density at radius 2 is 2.25 bits per heavy atom. The highest BCUT2D eigenvalue weighted by Gasteiger charge is 2.28. The van der Waals surface area contributed by atoms with Crippen LogP contribution in [0.5, 0.6) is 0 Å². The molecule has 9 heteroatoms. The number of esters is 1. The van der Waals surface area contributed by atoms with E-state index in [1.54, 1.807) is 6.92 Å². The van der Waals surface area contributed by atoms with Gasteiger partial charge in [0, 0.05) is 6.20 Å². The third-order valence-corrected chi connectivity index (χ3v) is 2.33. The number of aromatic nitrogens is 1. The maximum Gasteiger partial charge on any atom is 0.345 e. The lowest BCUT2D eigenvalue weighted by Crippen LogP contribution is -2.26. The molecule has 0 saturated heterocycles. The van der Waals surface area contributed by atoms with Crippen LogP contribution in [-0.4, -0.2) is 39.6 Å². The Kier molecular flexibility index (Phi) is 4.95. The molecule has 1 unspecified atom stereocenters. The molecular weight excluding hydrogens is 270 g/mol. The maximum atomic E-state index is 11.6. The van der Waals surface area contributed by atoms with Crippen LogP contribution in [0.15, 0.2) is 12.3 Å². The Morgan fingerprint density at radius 3 is 2.75 bits per heavy atom. The zero-order valence-corrected chi connectivity index (χ0v) is 10.8. The van der Waals surface area contributed by atoms with Crippen molar-refractivity contribution in [1.82, 2.24) is 4.98 Å². The summed E-state index contributed by atoms with van der Waals surface area (Å²) in [6.07, 6.45) is 1.16. The molecule has 1 aromatic heterocycles. The lowest BCUT2D eigenvalue weighted by Gasteiger charge is -2.11. The number of nitrogens with zero attached hydrogens (tertiary/aromatic N) is 2. The second-order valence-corrected chi connectivity index (χ2v) is 3.74. The number of nitrogens with one attached hydrogen (secondary N) is 1. The van der Waals surface area contributed by atoms with Crippen molar-refractivity contribution in [2.24, 2.45) is 0 Å². The van der Waals surface area contributed by atoms with Crippen LogP contribution in [0.2, 0.25) is 0 Å². The first-order valence-electron chi connectivity index (χ1n) is 5.68. The van der Waals surface area contributed by atoms with Crippen molar-refractivity contribution < 1.29 is 24.4 Å². The summed E-state index contributed by atoms with van der Waals surface area (Å²) in [6, 6.07) is 0.0471. The van der Waals surface area contributed by atoms with E-state index in [1.807, 2.05) is 0 Å². The maximum absolute atomic E-state index is 11.6. The molecule has 2 N–H and O–H groups in total. The zero-order chi connectivity index (χ0) is 15.3. The molecule has 1 atom stereocenters. The highest BCUT2D eigenvalue weighted by molar-refractivity contribution is 5.96. The molecule has 0 radical (unpaired) electrons. The van der Waals surface area contributed by atoms with Crippen LogP contribution in [0, 0.1) is 10.1 Å². The van der Waals surface area contributed by atoms with Crippen LogP contribution in [0.25, 0.3) is 0 Å². The quantitative estimate of drug-likeness (QED) is 0.450. The molecule has 0 bridgehead atoms. The number of carbonyl (C=O) groups is 2. The number of carboxylic acids is 1. The van der Waals surface area contributed by atoms with E-state index in [1.165, 1.54) is 6.92 Å². The number of pyridine rings is 1. The number of hydrogen-bond donors (Lipinski definition) is 2. The van der Waals surface area contributed by atoms with Crippen molar-refractivity contribution in [3.63, 3.8) is 0 Å². The first kappa shape index (κ1) is 15.3. The third kappa shape index (κ3) is 3.40. The number of hydrogen-bond acceptors (Lipinski definition) is 7. The van der Waals surface area contributed by atoms with Crippen LogP contribution in [0.3, 0.4) is 0 Å². The fourth-order valence-corrected chi connectivity index (χ4v) is 1.38. The van der Waals surface area contributed by atoms with E-state index in [9.17, 15) is 19.7 Å². The van der Waals surface area contributed by atoms with Gasteiger partial charge in [0.05, 0.1) is 11.5 Å². The van der Waals surface area contributed by atoms with Crippen LogP contribution in [0.1, 0.15) is 24.2 Å². The molecule has 0 aromatic carbocycles. The van der Waals surface area contributed by atoms with Crippen molar-refractivity contribution in [2.75, 3.05) is 11.9 Å². The lowest BCUT2D eigenvalue weighted by molar-refractivity contribution is -0.384. The molecular formula is C11H13N3O6. The fraction of sp³-hybridized carbons (Fsp3) is 0.364. The highest BCUT2D eigenvalue weighted by Crippen LogP contribution is 2.27. The van der Waals surface area contributed by atoms with Gasteiger partial charge in [0.1, 0.15) is 11.6 Å². The van der Waals surface area contributed by atoms with Gasteiger partial charge in [-0.3, -0.25) is 14.9 Å². The summed E-state index contributed by atoms with van der Waals surface area (Å²) in [7, 11) is 0. The van der Waals surface area contributed by atoms with Gasteiger partial charge in [0.25, 0.3) is 0 Å². The van der Waals surface area contributed by atoms with Crippen molar-refractivity contribution >= 4 is 23.4 Å². The number of aliphatic carboxylic acids is 1. The average molecular weight is 283 g/mol. The Bertz CT molecular complexity index is 545. The Morgan fingerprint density at radius 1 is 1.60 bits per heavy atom. The third-order valence-electron chi connectivity index (χ3n) is 2.33. The lowest BCUT2D eigenvalue weighted by atomic mass is 10.2. The van der Waals surface area contributed by atoms with Crippen molar-refractivity contribution in [3.05, 3.63) is 27.9 Å². The summed E-state index contributed by atoms with van der Waals surface area (Å²) < 4.78 is 4.71. The smallest absolute Gasteiger partial charge is 0.345 e. The molecule has 20 heavy (non-hydrogen) atoms. The van der Waals surface area contributed by atoms with Gasteiger partial charge in [-0.1, -0.05) is 0 Å². The number of nitro groups is 1. The number of carboxylic acid groups (broad SMARTS) is 1. The SMILES string of the molecule is CCOC(=O)c1ccnc(NC(C)C(=O)O)c1[N+](=O)[O-]. The number of anilines is 1. The number of rotatable bonds is 6. The van der Waals surface area contributed by atoms with Gasteiger partial charge < -0.3 is 15.2 Å². The van der Waals surface area contributed by atoms with E-state index in [-0.39, 0.29) is 18.0 Å². The molecule has 0 spiro atoms. The predicted octanol–water partition coefficient (Wildman–Crippen LogP) is 1.05. The Balaban J connectivity index is 3.25. The van der Waals surface area contributed by atoms with Crippen LogP contribution >= 0.6 is 0 Å². The van der Waals surface area contributed by atoms with E-state index in [4.69, 9.17) is 9.84 Å². The van der Waals surface area contributed by atoms with Gasteiger partial charge >= 0.3 is 17.6 Å². The average Bonchev–Trinajstić information content (AvgIpc) is 2.38. The zero-order valence-electron chi connectivity index (χ0n) is 10.8. The van der Waals surface area contributed by atoms with Gasteiger partial charge in [0.15, 0.2) is 0 Å². The summed E-state index contributed by atoms with van der Waals surface area (Å²) in [4.78, 5) is 36.4. The summed E-state index contributed by atoms with van der Waals surface area (Å²) in [5, 5.41) is 22.2. The topological polar surface area (TPSA) is 132 Å². The molecule has 0 fully saturated rings. The minimum absolute atomic E-state index is 0.0621. The molecule has 0 aliphatic rings. The predicted molar refractivity (Wildman–Crippen MR) is 67.6 cm³/mol. The monoisotopic (exact) mass is 283 g/mol. The highest BCUT2D eigenvalue weighted by atomic mass is 16.6. The van der Waals surface area contributed by atoms with Gasteiger partial charge in [-0.2, -0.15) is 0 Å². The second kappa shape index (κ2) is 6.45. The van der Waals surface area contributed by atoms with Gasteiger partial charge in [-0.15, -0.1) is 0 Å². The second-order valence-electron chi connectivity index (χ2n) is 3.74. The molecule has 0 saturated carbocycles. The summed E-state index contributed by atoms with van der Waals surface area (Å²) in [5.74, 6) is -2.37. The minimum Gasteiger partial charge on any atom is -0.480 e. The van der Waals surface area contributed by atoms with E-state index in [0.29, 0.717) is 0 Å². The molecule has 1 heterocycles. The summed E-state index contributed by atoms with van der Waals surface area (Å²) >= 11 is 0. The first-order valence-corrected chi connectivity index (χ1v) is 5.68. The molecule has 0 amide bonds. The van der Waals surface area contributed by atoms with E-state index >= 15 is 0 Å². The molecule has 0 aliphatic heterocycles. The van der Waals surface area contributed by atoms with Crippen molar-refractivity contribution in [3.8, 4) is 0 Å². The van der Waals surface area contributed by atoms with E-state index in [0.717, 1.165) is 12.3 Å². The molecule has 1 rings (SSSR count). The first-order chi connectivity index (χ1) is 9.38. The van der Waals surface area contributed by atoms with Crippen LogP contribution < -0.4 is 5.32 Å². The molecule has 1 aromatic rings. The van der Waals surface area contributed by atoms with Crippen LogP contribution in [0.4, 0.5) is 11.5 Å². The molecule has 0 aliphatic carbocycles. The van der Waals surface area contributed by atoms with E-state index < -0.39 is 28.6 Å². The summed E-state index contributed by atoms with van der Waals surface area (Å²) in [5.41, 5.74) is -0.897. The van der Waals surface area contributed by atoms with E-state index in [2.05, 4.69) is 10.3 Å². The van der Waals surface area contributed by atoms with Gasteiger partial charge in [0.2, 0.25) is 5.82 Å². The Labute approximate surface area is 113 Å². The standard InChI is InChI=1S/C11H13N3O6/c1-3-20-11(17)7-4-5-12-9(8(7)14(18)19)13-6(2)10(15)16/h4-6H,3H2,1-2H3,(H,12,13)(H,15,16). The van der Waals surface area contributed by atoms with Gasteiger partial charge in [-0.25, -0.2) is 9.78 Å². The minimum atomic E-state index is -1.21. The van der Waals surface area contributed by atoms with Gasteiger partial charge in [-0.05, 0) is 19.9 Å². The van der Waals surface area contributed by atoms with Crippen LogP contribution in [-0.2, 0) is 9.53 Å². The number of ether oxygens (including phenoxy) is 1. The summed E-state index contributed by atoms with van der Waals surface area (Å²) in [6.45, 7) is 2.92.